The lowest BCUT2D eigenvalue weighted by Crippen LogP contribution is -2.39. The molecule has 1 aliphatic carbocycles. The lowest BCUT2D eigenvalue weighted by atomic mass is 9.90. The summed E-state index contributed by atoms with van der Waals surface area (Å²) in [6.45, 7) is 3.90. The second-order valence-corrected chi connectivity index (χ2v) is 9.44. The molecule has 1 aromatic heterocycles. The molecule has 4 rings (SSSR count). The Morgan fingerprint density at radius 2 is 1.97 bits per heavy atom. The van der Waals surface area contributed by atoms with E-state index in [0.29, 0.717) is 11.8 Å². The molecule has 2 heterocycles. The fraction of sp³-hybridized carbons (Fsp3) is 0.444. The number of likely N-dealkylation sites (N-methyl/N-ethyl adjacent to an activating group) is 1. The Kier molecular flexibility index (Phi) is 7.23. The zero-order valence-corrected chi connectivity index (χ0v) is 20.1. The molecule has 0 spiro atoms. The molecular formula is C27H36N6. The minimum atomic E-state index is 0.539. The number of pyridine rings is 1. The Balaban J connectivity index is 1.75. The molecule has 174 valence electrons. The molecule has 6 heteroatoms. The lowest BCUT2D eigenvalue weighted by Gasteiger charge is -2.33. The number of hydrogen-bond acceptors (Lipinski definition) is 6. The van der Waals surface area contributed by atoms with Gasteiger partial charge in [0, 0.05) is 79.0 Å². The van der Waals surface area contributed by atoms with E-state index < -0.39 is 0 Å². The highest BCUT2D eigenvalue weighted by Crippen LogP contribution is 2.28. The van der Waals surface area contributed by atoms with E-state index in [9.17, 15) is 5.41 Å². The fourth-order valence-corrected chi connectivity index (χ4v) is 5.06. The number of aromatic nitrogens is 1. The summed E-state index contributed by atoms with van der Waals surface area (Å²) in [4.78, 5) is 6.95. The van der Waals surface area contributed by atoms with Gasteiger partial charge in [0.15, 0.2) is 0 Å². The molecule has 1 saturated carbocycles. The van der Waals surface area contributed by atoms with Gasteiger partial charge < -0.3 is 20.9 Å². The quantitative estimate of drug-likeness (QED) is 0.469. The SMILES string of the molecule is CN/C=C(\C=N)c1cc2cc(C)cc(C(=N)C3=C(NC4CCCCC4)CCN(C)C3)c2cn1. The molecule has 4 N–H and O–H groups in total. The third kappa shape index (κ3) is 5.17. The van der Waals surface area contributed by atoms with Crippen LogP contribution in [0.2, 0.25) is 0 Å². The molecule has 6 nitrogen and oxygen atoms in total. The molecule has 0 saturated heterocycles. The summed E-state index contributed by atoms with van der Waals surface area (Å²) >= 11 is 0. The predicted octanol–water partition coefficient (Wildman–Crippen LogP) is 4.63. The summed E-state index contributed by atoms with van der Waals surface area (Å²) in [6.07, 6.45) is 12.3. The standard InChI is InChI=1S/C27H36N6/c1-18-11-19-13-26(20(14-28)15-30-2)31-16-23(19)22(12-18)27(29)24-17-33(3)10-9-25(24)32-21-7-5-4-6-8-21/h11-16,21,28-30,32H,4-10,17H2,1-3H3/b20-15+,28-14?,29-27?. The minimum absolute atomic E-state index is 0.539. The van der Waals surface area contributed by atoms with Crippen LogP contribution >= 0.6 is 0 Å². The number of benzene rings is 1. The highest BCUT2D eigenvalue weighted by atomic mass is 15.1. The van der Waals surface area contributed by atoms with Crippen LogP contribution in [0.25, 0.3) is 16.3 Å². The normalized spacial score (nSPS) is 18.5. The molecule has 33 heavy (non-hydrogen) atoms. The molecule has 1 fully saturated rings. The Labute approximate surface area is 197 Å². The van der Waals surface area contributed by atoms with Crippen LogP contribution in [0.5, 0.6) is 0 Å². The van der Waals surface area contributed by atoms with Crippen molar-refractivity contribution in [2.45, 2.75) is 51.5 Å². The van der Waals surface area contributed by atoms with Crippen molar-refractivity contribution in [2.75, 3.05) is 27.2 Å². The number of hydrogen-bond donors (Lipinski definition) is 4. The van der Waals surface area contributed by atoms with Crippen LogP contribution in [-0.2, 0) is 0 Å². The second-order valence-electron chi connectivity index (χ2n) is 9.44. The van der Waals surface area contributed by atoms with Crippen LogP contribution in [0.1, 0.15) is 55.3 Å². The zero-order chi connectivity index (χ0) is 23.4. The summed E-state index contributed by atoms with van der Waals surface area (Å²) in [7, 11) is 3.96. The molecule has 0 bridgehead atoms. The summed E-state index contributed by atoms with van der Waals surface area (Å²) in [5.74, 6) is 0. The Morgan fingerprint density at radius 3 is 2.70 bits per heavy atom. The van der Waals surface area contributed by atoms with Crippen molar-refractivity contribution >= 4 is 28.3 Å². The van der Waals surface area contributed by atoms with E-state index in [0.717, 1.165) is 58.2 Å². The van der Waals surface area contributed by atoms with Crippen LogP contribution in [0, 0.1) is 17.7 Å². The van der Waals surface area contributed by atoms with Crippen molar-refractivity contribution in [1.29, 1.82) is 10.8 Å². The van der Waals surface area contributed by atoms with Gasteiger partial charge in [0.1, 0.15) is 0 Å². The molecule has 0 amide bonds. The third-order valence-corrected chi connectivity index (χ3v) is 6.82. The lowest BCUT2D eigenvalue weighted by molar-refractivity contribution is 0.331. The van der Waals surface area contributed by atoms with Gasteiger partial charge in [0.25, 0.3) is 0 Å². The van der Waals surface area contributed by atoms with E-state index in [1.165, 1.54) is 44.0 Å². The topological polar surface area (TPSA) is 87.9 Å². The van der Waals surface area contributed by atoms with E-state index in [2.05, 4.69) is 46.6 Å². The summed E-state index contributed by atoms with van der Waals surface area (Å²) in [6, 6.07) is 6.82. The van der Waals surface area contributed by atoms with Crippen LogP contribution in [-0.4, -0.2) is 55.0 Å². The van der Waals surface area contributed by atoms with Crippen molar-refractivity contribution in [3.05, 3.63) is 58.7 Å². The molecule has 2 aromatic rings. The summed E-state index contributed by atoms with van der Waals surface area (Å²) in [5, 5.41) is 25.9. The Hall–Kier alpha value is -2.99. The number of nitrogens with zero attached hydrogens (tertiary/aromatic N) is 2. The monoisotopic (exact) mass is 444 g/mol. The van der Waals surface area contributed by atoms with Gasteiger partial charge in [-0.15, -0.1) is 0 Å². The van der Waals surface area contributed by atoms with Gasteiger partial charge >= 0.3 is 0 Å². The van der Waals surface area contributed by atoms with Crippen LogP contribution < -0.4 is 10.6 Å². The zero-order valence-electron chi connectivity index (χ0n) is 20.1. The van der Waals surface area contributed by atoms with Crippen LogP contribution in [0.15, 0.2) is 41.9 Å². The van der Waals surface area contributed by atoms with E-state index in [1.54, 1.807) is 6.20 Å². The van der Waals surface area contributed by atoms with E-state index >= 15 is 0 Å². The predicted molar refractivity (Wildman–Crippen MR) is 138 cm³/mol. The number of rotatable bonds is 7. The van der Waals surface area contributed by atoms with Gasteiger partial charge in [0.05, 0.1) is 11.4 Å². The molecule has 2 aliphatic rings. The number of fused-ring (bicyclic) bond motifs is 1. The molecule has 0 atom stereocenters. The highest BCUT2D eigenvalue weighted by Gasteiger charge is 2.24. The van der Waals surface area contributed by atoms with Gasteiger partial charge in [-0.2, -0.15) is 0 Å². The smallest absolute Gasteiger partial charge is 0.0738 e. The first-order valence-electron chi connectivity index (χ1n) is 12.0. The maximum atomic E-state index is 9.27. The van der Waals surface area contributed by atoms with Gasteiger partial charge in [-0.1, -0.05) is 25.3 Å². The first-order chi connectivity index (χ1) is 16.0. The van der Waals surface area contributed by atoms with E-state index in [4.69, 9.17) is 5.41 Å². The van der Waals surface area contributed by atoms with Crippen molar-refractivity contribution < 1.29 is 0 Å². The molecular weight excluding hydrogens is 408 g/mol. The van der Waals surface area contributed by atoms with Crippen LogP contribution in [0.3, 0.4) is 0 Å². The number of aryl methyl sites for hydroxylation is 1. The number of nitrogens with one attached hydrogen (secondary N) is 4. The second kappa shape index (κ2) is 10.3. The summed E-state index contributed by atoms with van der Waals surface area (Å²) in [5.41, 5.74) is 6.51. The van der Waals surface area contributed by atoms with Gasteiger partial charge in [-0.05, 0) is 49.9 Å². The molecule has 1 aliphatic heterocycles. The van der Waals surface area contributed by atoms with Gasteiger partial charge in [0.2, 0.25) is 0 Å². The Morgan fingerprint density at radius 1 is 1.18 bits per heavy atom. The first kappa shape index (κ1) is 23.2. The average Bonchev–Trinajstić information content (AvgIpc) is 2.83. The fourth-order valence-electron chi connectivity index (χ4n) is 5.06. The van der Waals surface area contributed by atoms with E-state index in [-0.39, 0.29) is 0 Å². The average molecular weight is 445 g/mol. The Bertz CT molecular complexity index is 1110. The first-order valence-corrected chi connectivity index (χ1v) is 12.0. The van der Waals surface area contributed by atoms with Crippen molar-refractivity contribution in [3.8, 4) is 0 Å². The van der Waals surface area contributed by atoms with Crippen LogP contribution in [0.4, 0.5) is 0 Å². The maximum absolute atomic E-state index is 9.27. The van der Waals surface area contributed by atoms with Crippen molar-refractivity contribution in [1.82, 2.24) is 20.5 Å². The largest absolute Gasteiger partial charge is 0.393 e. The highest BCUT2D eigenvalue weighted by molar-refractivity contribution is 6.18. The molecule has 0 unspecified atom stereocenters. The van der Waals surface area contributed by atoms with Gasteiger partial charge in [-0.3, -0.25) is 10.4 Å². The molecule has 1 aromatic carbocycles. The van der Waals surface area contributed by atoms with Gasteiger partial charge in [-0.25, -0.2) is 0 Å². The van der Waals surface area contributed by atoms with Crippen molar-refractivity contribution in [2.24, 2.45) is 0 Å². The third-order valence-electron chi connectivity index (χ3n) is 6.82. The van der Waals surface area contributed by atoms with E-state index in [1.807, 2.05) is 19.3 Å². The summed E-state index contributed by atoms with van der Waals surface area (Å²) < 4.78 is 0. The maximum Gasteiger partial charge on any atom is 0.0738 e. The minimum Gasteiger partial charge on any atom is -0.393 e. The molecule has 0 radical (unpaired) electrons. The van der Waals surface area contributed by atoms with Crippen molar-refractivity contribution in [3.63, 3.8) is 0 Å². The number of allylic oxidation sites excluding steroid dienone is 1.